The van der Waals surface area contributed by atoms with E-state index in [0.717, 1.165) is 11.1 Å². The Morgan fingerprint density at radius 3 is 2.57 bits per heavy atom. The van der Waals surface area contributed by atoms with Gasteiger partial charge >= 0.3 is 0 Å². The molecule has 0 bridgehead atoms. The third kappa shape index (κ3) is 5.58. The maximum atomic E-state index is 12.2. The van der Waals surface area contributed by atoms with Gasteiger partial charge in [0, 0.05) is 12.1 Å². The van der Waals surface area contributed by atoms with Crippen molar-refractivity contribution in [1.82, 2.24) is 0 Å². The van der Waals surface area contributed by atoms with Gasteiger partial charge in [0.2, 0.25) is 5.91 Å². The van der Waals surface area contributed by atoms with Gasteiger partial charge in [-0.25, -0.2) is 0 Å². The molecule has 2 rings (SSSR count). The van der Waals surface area contributed by atoms with E-state index in [4.69, 9.17) is 21.1 Å². The number of aryl methyl sites for hydroxylation is 1. The molecule has 1 amide bonds. The van der Waals surface area contributed by atoms with Crippen molar-refractivity contribution in [1.29, 1.82) is 0 Å². The highest BCUT2D eigenvalue weighted by Gasteiger charge is 2.10. The summed E-state index contributed by atoms with van der Waals surface area (Å²) in [5.41, 5.74) is 2.68. The van der Waals surface area contributed by atoms with Crippen LogP contribution in [-0.2, 0) is 16.0 Å². The predicted octanol–water partition coefficient (Wildman–Crippen LogP) is 3.85. The third-order valence-electron chi connectivity index (χ3n) is 3.25. The lowest BCUT2D eigenvalue weighted by molar-refractivity contribution is -0.115. The molecule has 1 N–H and O–H groups in total. The lowest BCUT2D eigenvalue weighted by Gasteiger charge is -2.13. The van der Waals surface area contributed by atoms with Gasteiger partial charge in [-0.05, 0) is 30.7 Å². The number of hydrogen-bond donors (Lipinski definition) is 1. The van der Waals surface area contributed by atoms with Crippen LogP contribution in [0.25, 0.3) is 0 Å². The Morgan fingerprint density at radius 2 is 1.87 bits per heavy atom. The molecule has 2 aromatic carbocycles. The molecule has 0 unspecified atom stereocenters. The van der Waals surface area contributed by atoms with Gasteiger partial charge in [-0.1, -0.05) is 41.4 Å². The van der Waals surface area contributed by atoms with Crippen molar-refractivity contribution in [3.8, 4) is 5.75 Å². The number of anilines is 1. The number of carbonyl (C=O) groups excluding carboxylic acids is 1. The summed E-state index contributed by atoms with van der Waals surface area (Å²) in [5.74, 6) is 0.455. The largest absolute Gasteiger partial charge is 0.489 e. The summed E-state index contributed by atoms with van der Waals surface area (Å²) in [6, 6.07) is 13.0. The van der Waals surface area contributed by atoms with Gasteiger partial charge in [-0.3, -0.25) is 4.79 Å². The summed E-state index contributed by atoms with van der Waals surface area (Å²) in [7, 11) is 1.61. The molecule has 0 aliphatic heterocycles. The minimum atomic E-state index is -0.118. The van der Waals surface area contributed by atoms with Gasteiger partial charge in [0.25, 0.3) is 0 Å². The first-order valence-corrected chi connectivity index (χ1v) is 7.73. The fourth-order valence-corrected chi connectivity index (χ4v) is 2.22. The van der Waals surface area contributed by atoms with E-state index in [0.29, 0.717) is 36.1 Å². The second-order valence-electron chi connectivity index (χ2n) is 5.19. The standard InChI is InChI=1S/C18H20ClNO3/c1-13-3-5-14(6-4-13)11-18(21)20-16-12-15(19)7-8-17(16)23-10-9-22-2/h3-8,12H,9-11H2,1-2H3,(H,20,21). The van der Waals surface area contributed by atoms with Gasteiger partial charge in [-0.15, -0.1) is 0 Å². The van der Waals surface area contributed by atoms with Crippen LogP contribution in [-0.4, -0.2) is 26.2 Å². The lowest BCUT2D eigenvalue weighted by Crippen LogP contribution is -2.16. The molecule has 0 aliphatic rings. The maximum absolute atomic E-state index is 12.2. The molecule has 0 saturated heterocycles. The predicted molar refractivity (Wildman–Crippen MR) is 92.3 cm³/mol. The second kappa shape index (κ2) is 8.56. The van der Waals surface area contributed by atoms with E-state index in [-0.39, 0.29) is 5.91 Å². The average Bonchev–Trinajstić information content (AvgIpc) is 2.52. The lowest BCUT2D eigenvalue weighted by atomic mass is 10.1. The highest BCUT2D eigenvalue weighted by Crippen LogP contribution is 2.28. The number of carbonyl (C=O) groups is 1. The average molecular weight is 334 g/mol. The molecule has 0 spiro atoms. The van der Waals surface area contributed by atoms with Gasteiger partial charge in [0.15, 0.2) is 0 Å². The zero-order valence-electron chi connectivity index (χ0n) is 13.3. The Morgan fingerprint density at radius 1 is 1.13 bits per heavy atom. The van der Waals surface area contributed by atoms with E-state index in [2.05, 4.69) is 5.32 Å². The van der Waals surface area contributed by atoms with Crippen molar-refractivity contribution < 1.29 is 14.3 Å². The molecule has 0 saturated carbocycles. The molecule has 122 valence electrons. The van der Waals surface area contributed by atoms with Crippen LogP contribution in [0.4, 0.5) is 5.69 Å². The molecule has 0 fully saturated rings. The SMILES string of the molecule is COCCOc1ccc(Cl)cc1NC(=O)Cc1ccc(C)cc1. The Balaban J connectivity index is 2.03. The van der Waals surface area contributed by atoms with E-state index in [9.17, 15) is 4.79 Å². The molecular weight excluding hydrogens is 314 g/mol. The number of halogens is 1. The van der Waals surface area contributed by atoms with Crippen LogP contribution in [0, 0.1) is 6.92 Å². The first kappa shape index (κ1) is 17.3. The summed E-state index contributed by atoms with van der Waals surface area (Å²) in [6.07, 6.45) is 0.296. The van der Waals surface area contributed by atoms with Crippen molar-refractivity contribution in [2.24, 2.45) is 0 Å². The van der Waals surface area contributed by atoms with E-state index in [1.54, 1.807) is 25.3 Å². The van der Waals surface area contributed by atoms with Crippen molar-refractivity contribution in [2.75, 3.05) is 25.6 Å². The quantitative estimate of drug-likeness (QED) is 0.783. The monoisotopic (exact) mass is 333 g/mol. The third-order valence-corrected chi connectivity index (χ3v) is 3.48. The first-order chi connectivity index (χ1) is 11.1. The fourth-order valence-electron chi connectivity index (χ4n) is 2.05. The number of methoxy groups -OCH3 is 1. The van der Waals surface area contributed by atoms with Crippen LogP contribution in [0.5, 0.6) is 5.75 Å². The second-order valence-corrected chi connectivity index (χ2v) is 5.63. The van der Waals surface area contributed by atoms with Gasteiger partial charge in [0.05, 0.1) is 18.7 Å². The van der Waals surface area contributed by atoms with Crippen molar-refractivity contribution in [3.05, 3.63) is 58.6 Å². The smallest absolute Gasteiger partial charge is 0.228 e. The van der Waals surface area contributed by atoms with Gasteiger partial charge in [-0.2, -0.15) is 0 Å². The first-order valence-electron chi connectivity index (χ1n) is 7.35. The number of nitrogens with one attached hydrogen (secondary N) is 1. The topological polar surface area (TPSA) is 47.6 Å². The molecule has 0 aromatic heterocycles. The normalized spacial score (nSPS) is 10.4. The Labute approximate surface area is 141 Å². The molecule has 0 heterocycles. The van der Waals surface area contributed by atoms with Crippen LogP contribution in [0.3, 0.4) is 0 Å². The maximum Gasteiger partial charge on any atom is 0.228 e. The number of ether oxygens (including phenoxy) is 2. The van der Waals surface area contributed by atoms with Crippen LogP contribution in [0.1, 0.15) is 11.1 Å². The Bertz CT molecular complexity index is 656. The van der Waals surface area contributed by atoms with Crippen LogP contribution in [0.15, 0.2) is 42.5 Å². The summed E-state index contributed by atoms with van der Waals surface area (Å²) in [4.78, 5) is 12.2. The highest BCUT2D eigenvalue weighted by atomic mass is 35.5. The molecule has 5 heteroatoms. The van der Waals surface area contributed by atoms with E-state index >= 15 is 0 Å². The summed E-state index contributed by atoms with van der Waals surface area (Å²) >= 11 is 6.01. The number of benzene rings is 2. The zero-order chi connectivity index (χ0) is 16.7. The zero-order valence-corrected chi connectivity index (χ0v) is 14.0. The van der Waals surface area contributed by atoms with Crippen molar-refractivity contribution >= 4 is 23.2 Å². The van der Waals surface area contributed by atoms with Gasteiger partial charge < -0.3 is 14.8 Å². The van der Waals surface area contributed by atoms with E-state index < -0.39 is 0 Å². The Hall–Kier alpha value is -2.04. The fraction of sp³-hybridized carbons (Fsp3) is 0.278. The van der Waals surface area contributed by atoms with E-state index in [1.165, 1.54) is 0 Å². The highest BCUT2D eigenvalue weighted by molar-refractivity contribution is 6.31. The molecule has 23 heavy (non-hydrogen) atoms. The summed E-state index contributed by atoms with van der Waals surface area (Å²) in [6.45, 7) is 2.89. The molecule has 0 aliphatic carbocycles. The van der Waals surface area contributed by atoms with E-state index in [1.807, 2.05) is 31.2 Å². The molecule has 4 nitrogen and oxygen atoms in total. The minimum absolute atomic E-state index is 0.118. The van der Waals surface area contributed by atoms with Crippen LogP contribution < -0.4 is 10.1 Å². The summed E-state index contributed by atoms with van der Waals surface area (Å²) < 4.78 is 10.6. The summed E-state index contributed by atoms with van der Waals surface area (Å²) in [5, 5.41) is 3.39. The van der Waals surface area contributed by atoms with Crippen LogP contribution in [0.2, 0.25) is 5.02 Å². The van der Waals surface area contributed by atoms with Gasteiger partial charge in [0.1, 0.15) is 12.4 Å². The van der Waals surface area contributed by atoms with Crippen LogP contribution >= 0.6 is 11.6 Å². The molecule has 2 aromatic rings. The van der Waals surface area contributed by atoms with Crippen molar-refractivity contribution in [3.63, 3.8) is 0 Å². The minimum Gasteiger partial charge on any atom is -0.489 e. The number of rotatable bonds is 7. The van der Waals surface area contributed by atoms with Crippen molar-refractivity contribution in [2.45, 2.75) is 13.3 Å². The number of hydrogen-bond acceptors (Lipinski definition) is 3. The number of amides is 1. The molecule has 0 radical (unpaired) electrons. The molecule has 0 atom stereocenters. The molecular formula is C18H20ClNO3. The Kier molecular flexibility index (Phi) is 6.44.